The summed E-state index contributed by atoms with van der Waals surface area (Å²) in [6, 6.07) is 6.07. The van der Waals surface area contributed by atoms with Gasteiger partial charge in [-0.1, -0.05) is 6.07 Å². The van der Waals surface area contributed by atoms with Gasteiger partial charge >= 0.3 is 5.97 Å². The van der Waals surface area contributed by atoms with E-state index in [1.54, 1.807) is 11.3 Å². The van der Waals surface area contributed by atoms with Crippen LogP contribution in [0.1, 0.15) is 12.0 Å². The van der Waals surface area contributed by atoms with Gasteiger partial charge in [0.25, 0.3) is 0 Å². The average Bonchev–Trinajstić information content (AvgIpc) is 2.72. The summed E-state index contributed by atoms with van der Waals surface area (Å²) >= 11 is 1.61. The van der Waals surface area contributed by atoms with E-state index in [-0.39, 0.29) is 5.97 Å². The van der Waals surface area contributed by atoms with Gasteiger partial charge < -0.3 is 4.74 Å². The molecule has 0 aliphatic rings. The van der Waals surface area contributed by atoms with Crippen molar-refractivity contribution in [1.29, 1.82) is 0 Å². The molecule has 4 heteroatoms. The van der Waals surface area contributed by atoms with Crippen LogP contribution in [-0.4, -0.2) is 18.1 Å². The van der Waals surface area contributed by atoms with Gasteiger partial charge in [-0.2, -0.15) is 0 Å². The SMILES string of the molecule is COC(=O)CCc1ccc2ncsc2c1. The summed E-state index contributed by atoms with van der Waals surface area (Å²) in [5.41, 5.74) is 3.99. The van der Waals surface area contributed by atoms with Crippen LogP contribution in [-0.2, 0) is 16.0 Å². The molecule has 0 spiro atoms. The zero-order valence-corrected chi connectivity index (χ0v) is 9.21. The largest absolute Gasteiger partial charge is 0.469 e. The summed E-state index contributed by atoms with van der Waals surface area (Å²) in [7, 11) is 1.41. The Bertz CT molecular complexity index is 478. The molecule has 1 aromatic carbocycles. The molecule has 0 bridgehead atoms. The van der Waals surface area contributed by atoms with Gasteiger partial charge in [0, 0.05) is 6.42 Å². The monoisotopic (exact) mass is 221 g/mol. The van der Waals surface area contributed by atoms with Crippen molar-refractivity contribution in [3.05, 3.63) is 29.3 Å². The van der Waals surface area contributed by atoms with Gasteiger partial charge in [-0.05, 0) is 24.1 Å². The number of thiazole rings is 1. The Morgan fingerprint density at radius 1 is 1.53 bits per heavy atom. The van der Waals surface area contributed by atoms with Crippen molar-refractivity contribution in [3.63, 3.8) is 0 Å². The van der Waals surface area contributed by atoms with Crippen LogP contribution < -0.4 is 0 Å². The fraction of sp³-hybridized carbons (Fsp3) is 0.273. The van der Waals surface area contributed by atoms with Gasteiger partial charge in [0.15, 0.2) is 0 Å². The van der Waals surface area contributed by atoms with Gasteiger partial charge in [0.05, 0.1) is 22.8 Å². The second kappa shape index (κ2) is 4.40. The topological polar surface area (TPSA) is 39.2 Å². The molecule has 1 aromatic heterocycles. The van der Waals surface area contributed by atoms with Crippen LogP contribution in [0.4, 0.5) is 0 Å². The van der Waals surface area contributed by atoms with Crippen LogP contribution in [0.15, 0.2) is 23.7 Å². The smallest absolute Gasteiger partial charge is 0.305 e. The predicted octanol–water partition coefficient (Wildman–Crippen LogP) is 2.40. The van der Waals surface area contributed by atoms with E-state index in [0.717, 1.165) is 22.2 Å². The Kier molecular flexibility index (Phi) is 2.97. The molecule has 78 valence electrons. The summed E-state index contributed by atoms with van der Waals surface area (Å²) in [5, 5.41) is 0. The van der Waals surface area contributed by atoms with Crippen molar-refractivity contribution in [2.75, 3.05) is 7.11 Å². The average molecular weight is 221 g/mol. The van der Waals surface area contributed by atoms with Crippen molar-refractivity contribution in [2.45, 2.75) is 12.8 Å². The highest BCUT2D eigenvalue weighted by atomic mass is 32.1. The molecular formula is C11H11NO2S. The van der Waals surface area contributed by atoms with E-state index in [9.17, 15) is 4.79 Å². The summed E-state index contributed by atoms with van der Waals surface area (Å²) in [4.78, 5) is 15.2. The normalized spacial score (nSPS) is 10.5. The molecule has 0 amide bonds. The Balaban J connectivity index is 2.11. The fourth-order valence-corrected chi connectivity index (χ4v) is 2.14. The number of hydrogen-bond donors (Lipinski definition) is 0. The zero-order chi connectivity index (χ0) is 10.7. The first-order valence-corrected chi connectivity index (χ1v) is 5.56. The van der Waals surface area contributed by atoms with Crippen molar-refractivity contribution in [1.82, 2.24) is 4.98 Å². The highest BCUT2D eigenvalue weighted by molar-refractivity contribution is 7.16. The van der Waals surface area contributed by atoms with Crippen LogP contribution in [0.5, 0.6) is 0 Å². The molecule has 0 aliphatic carbocycles. The van der Waals surface area contributed by atoms with E-state index < -0.39 is 0 Å². The van der Waals surface area contributed by atoms with E-state index in [0.29, 0.717) is 6.42 Å². The Morgan fingerprint density at radius 3 is 3.20 bits per heavy atom. The summed E-state index contributed by atoms with van der Waals surface area (Å²) < 4.78 is 5.76. The summed E-state index contributed by atoms with van der Waals surface area (Å²) in [5.74, 6) is -0.167. The molecule has 0 saturated carbocycles. The van der Waals surface area contributed by atoms with Crippen LogP contribution in [0.3, 0.4) is 0 Å². The molecule has 15 heavy (non-hydrogen) atoms. The number of carbonyl (C=O) groups excluding carboxylic acids is 1. The minimum atomic E-state index is -0.167. The number of carbonyl (C=O) groups is 1. The molecule has 0 unspecified atom stereocenters. The first-order chi connectivity index (χ1) is 7.29. The number of ether oxygens (including phenoxy) is 1. The minimum absolute atomic E-state index is 0.167. The number of esters is 1. The van der Waals surface area contributed by atoms with E-state index in [4.69, 9.17) is 0 Å². The number of aromatic nitrogens is 1. The first kappa shape index (κ1) is 10.1. The van der Waals surface area contributed by atoms with Crippen molar-refractivity contribution in [2.24, 2.45) is 0 Å². The van der Waals surface area contributed by atoms with E-state index in [2.05, 4.69) is 15.8 Å². The fourth-order valence-electron chi connectivity index (χ4n) is 1.40. The van der Waals surface area contributed by atoms with Gasteiger partial charge in [-0.3, -0.25) is 4.79 Å². The highest BCUT2D eigenvalue weighted by Gasteiger charge is 2.03. The van der Waals surface area contributed by atoms with Gasteiger partial charge in [0.1, 0.15) is 0 Å². The third kappa shape index (κ3) is 2.33. The molecule has 3 nitrogen and oxygen atoms in total. The van der Waals surface area contributed by atoms with Crippen molar-refractivity contribution < 1.29 is 9.53 Å². The quantitative estimate of drug-likeness (QED) is 0.747. The van der Waals surface area contributed by atoms with Crippen molar-refractivity contribution in [3.8, 4) is 0 Å². The lowest BCUT2D eigenvalue weighted by Crippen LogP contribution is -2.01. The molecule has 1 heterocycles. The first-order valence-electron chi connectivity index (χ1n) is 4.68. The van der Waals surface area contributed by atoms with E-state index in [1.165, 1.54) is 7.11 Å². The molecule has 2 rings (SSSR count). The maximum Gasteiger partial charge on any atom is 0.305 e. The number of rotatable bonds is 3. The number of benzene rings is 1. The second-order valence-electron chi connectivity index (χ2n) is 3.23. The molecule has 0 radical (unpaired) electrons. The number of hydrogen-bond acceptors (Lipinski definition) is 4. The standard InChI is InChI=1S/C11H11NO2S/c1-14-11(13)5-3-8-2-4-9-10(6-8)15-7-12-9/h2,4,6-7H,3,5H2,1H3. The molecule has 2 aromatic rings. The maximum absolute atomic E-state index is 11.0. The minimum Gasteiger partial charge on any atom is -0.469 e. The van der Waals surface area contributed by atoms with Crippen LogP contribution in [0.2, 0.25) is 0 Å². The number of methoxy groups -OCH3 is 1. The zero-order valence-electron chi connectivity index (χ0n) is 8.40. The van der Waals surface area contributed by atoms with Crippen LogP contribution >= 0.6 is 11.3 Å². The predicted molar refractivity (Wildman–Crippen MR) is 60.0 cm³/mol. The van der Waals surface area contributed by atoms with Crippen LogP contribution in [0, 0.1) is 0 Å². The maximum atomic E-state index is 11.0. The lowest BCUT2D eigenvalue weighted by Gasteiger charge is -2.00. The van der Waals surface area contributed by atoms with Crippen molar-refractivity contribution >= 4 is 27.5 Å². The van der Waals surface area contributed by atoms with E-state index in [1.807, 2.05) is 17.6 Å². The number of fused-ring (bicyclic) bond motifs is 1. The third-order valence-corrected chi connectivity index (χ3v) is 3.03. The summed E-state index contributed by atoms with van der Waals surface area (Å²) in [6.07, 6.45) is 1.15. The Morgan fingerprint density at radius 2 is 2.40 bits per heavy atom. The molecule has 0 saturated heterocycles. The molecular weight excluding hydrogens is 210 g/mol. The van der Waals surface area contributed by atoms with Gasteiger partial charge in [-0.25, -0.2) is 4.98 Å². The lowest BCUT2D eigenvalue weighted by molar-refractivity contribution is -0.140. The van der Waals surface area contributed by atoms with Crippen LogP contribution in [0.25, 0.3) is 10.2 Å². The number of nitrogens with zero attached hydrogens (tertiary/aromatic N) is 1. The molecule has 0 atom stereocenters. The lowest BCUT2D eigenvalue weighted by atomic mass is 10.1. The third-order valence-electron chi connectivity index (χ3n) is 2.24. The summed E-state index contributed by atoms with van der Waals surface area (Å²) in [6.45, 7) is 0. The molecule has 0 N–H and O–H groups in total. The highest BCUT2D eigenvalue weighted by Crippen LogP contribution is 2.19. The van der Waals surface area contributed by atoms with Gasteiger partial charge in [0.2, 0.25) is 0 Å². The van der Waals surface area contributed by atoms with E-state index >= 15 is 0 Å². The second-order valence-corrected chi connectivity index (χ2v) is 4.12. The molecule has 0 fully saturated rings. The Labute approximate surface area is 91.7 Å². The number of aryl methyl sites for hydroxylation is 1. The van der Waals surface area contributed by atoms with Gasteiger partial charge in [-0.15, -0.1) is 11.3 Å². The Hall–Kier alpha value is -1.42. The molecule has 0 aliphatic heterocycles.